The molecule has 0 amide bonds. The lowest BCUT2D eigenvalue weighted by Crippen LogP contribution is -2.37. The second kappa shape index (κ2) is 4.66. The van der Waals surface area contributed by atoms with Crippen molar-refractivity contribution in [3.63, 3.8) is 0 Å². The zero-order chi connectivity index (χ0) is 14.4. The van der Waals surface area contributed by atoms with E-state index < -0.39 is 29.8 Å². The molecule has 0 aliphatic carbocycles. The van der Waals surface area contributed by atoms with Crippen LogP contribution in [0.1, 0.15) is 20.8 Å². The van der Waals surface area contributed by atoms with Crippen molar-refractivity contribution in [2.75, 3.05) is 0 Å². The van der Waals surface area contributed by atoms with Gasteiger partial charge in [-0.3, -0.25) is 4.03 Å². The lowest BCUT2D eigenvalue weighted by Gasteiger charge is -2.32. The number of rotatable bonds is 2. The Kier molecular flexibility index (Phi) is 4.08. The smallest absolute Gasteiger partial charge is 0.195 e. The van der Waals surface area contributed by atoms with Gasteiger partial charge in [-0.25, -0.2) is 18.1 Å². The molecule has 0 aliphatic rings. The van der Waals surface area contributed by atoms with Crippen LogP contribution < -0.4 is 5.14 Å². The summed E-state index contributed by atoms with van der Waals surface area (Å²) in [7, 11) is -5.67. The first kappa shape index (κ1) is 15.7. The third-order valence-electron chi connectivity index (χ3n) is 3.12. The van der Waals surface area contributed by atoms with Crippen molar-refractivity contribution in [1.82, 2.24) is 0 Å². The molecular formula is C10H18F2N2OS2Si. The first-order chi connectivity index (χ1) is 7.88. The fourth-order valence-corrected chi connectivity index (χ4v) is 7.06. The predicted octanol–water partition coefficient (Wildman–Crippen LogP) is 3.73. The van der Waals surface area contributed by atoms with E-state index >= 15 is 0 Å². The van der Waals surface area contributed by atoms with Gasteiger partial charge < -0.3 is 0 Å². The van der Waals surface area contributed by atoms with Crippen LogP contribution in [-0.2, 0) is 9.92 Å². The van der Waals surface area contributed by atoms with Crippen LogP contribution in [-0.4, -0.2) is 12.4 Å². The number of nitrogens with zero attached hydrogens (tertiary/aromatic N) is 1. The third kappa shape index (κ3) is 2.98. The van der Waals surface area contributed by atoms with Crippen molar-refractivity contribution in [3.8, 4) is 0 Å². The molecule has 1 rings (SSSR count). The second-order valence-corrected chi connectivity index (χ2v) is 13.7. The van der Waals surface area contributed by atoms with Crippen LogP contribution >= 0.6 is 11.3 Å². The molecule has 1 atom stereocenters. The van der Waals surface area contributed by atoms with E-state index in [9.17, 15) is 13.0 Å². The molecule has 0 saturated carbocycles. The van der Waals surface area contributed by atoms with Gasteiger partial charge in [0.1, 0.15) is 9.92 Å². The summed E-state index contributed by atoms with van der Waals surface area (Å²) in [6, 6.07) is 0. The minimum Gasteiger partial charge on any atom is -0.261 e. The summed E-state index contributed by atoms with van der Waals surface area (Å²) in [4.78, 5) is 0. The summed E-state index contributed by atoms with van der Waals surface area (Å²) in [5.41, 5.74) is 0. The summed E-state index contributed by atoms with van der Waals surface area (Å²) in [5, 5.41) is 6.43. The maximum absolute atomic E-state index is 13.5. The second-order valence-electron chi connectivity index (χ2n) is 5.65. The van der Waals surface area contributed by atoms with Crippen molar-refractivity contribution in [2.24, 2.45) is 9.17 Å². The Morgan fingerprint density at radius 3 is 2.22 bits per heavy atom. The van der Waals surface area contributed by atoms with Crippen LogP contribution in [0.15, 0.2) is 13.6 Å². The summed E-state index contributed by atoms with van der Waals surface area (Å²) >= 11 is 0.712. The molecular weight excluding hydrogens is 294 g/mol. The van der Waals surface area contributed by atoms with E-state index in [2.05, 4.69) is 4.03 Å². The molecule has 0 aromatic carbocycles. The molecule has 18 heavy (non-hydrogen) atoms. The Hall–Kier alpha value is -0.313. The van der Waals surface area contributed by atoms with Crippen LogP contribution in [0.25, 0.3) is 0 Å². The Bertz CT molecular complexity index is 569. The number of halogens is 2. The van der Waals surface area contributed by atoms with Crippen LogP contribution in [0, 0.1) is 11.6 Å². The van der Waals surface area contributed by atoms with Gasteiger partial charge in [0, 0.05) is 5.38 Å². The molecule has 0 radical (unpaired) electrons. The highest BCUT2D eigenvalue weighted by atomic mass is 32.2. The van der Waals surface area contributed by atoms with Crippen molar-refractivity contribution in [3.05, 3.63) is 17.0 Å². The quantitative estimate of drug-likeness (QED) is 0.831. The van der Waals surface area contributed by atoms with E-state index in [-0.39, 0.29) is 9.25 Å². The monoisotopic (exact) mass is 312 g/mol. The zero-order valence-electron chi connectivity index (χ0n) is 11.1. The number of thiophene rings is 1. The Balaban J connectivity index is 3.40. The maximum atomic E-state index is 13.5. The molecule has 0 saturated heterocycles. The number of hydrogen-bond donors (Lipinski definition) is 1. The van der Waals surface area contributed by atoms with Gasteiger partial charge in [-0.15, -0.1) is 11.3 Å². The van der Waals surface area contributed by atoms with E-state index in [0.29, 0.717) is 11.3 Å². The fourth-order valence-electron chi connectivity index (χ4n) is 1.02. The molecule has 0 spiro atoms. The van der Waals surface area contributed by atoms with E-state index in [1.165, 1.54) is 0 Å². The largest absolute Gasteiger partial charge is 0.261 e. The first-order valence-corrected chi connectivity index (χ1v) is 10.8. The molecule has 1 aromatic heterocycles. The summed E-state index contributed by atoms with van der Waals surface area (Å²) < 4.78 is 42.7. The molecule has 0 fully saturated rings. The van der Waals surface area contributed by atoms with Crippen molar-refractivity contribution in [1.29, 1.82) is 0 Å². The number of hydrogen-bond acceptors (Lipinski definition) is 3. The molecule has 2 N–H and O–H groups in total. The molecule has 1 aromatic rings. The average Bonchev–Trinajstić information content (AvgIpc) is 2.44. The van der Waals surface area contributed by atoms with Gasteiger partial charge in [0.25, 0.3) is 0 Å². The van der Waals surface area contributed by atoms with E-state index in [1.54, 1.807) is 0 Å². The molecule has 1 unspecified atom stereocenters. The molecule has 1 heterocycles. The number of nitrogens with two attached hydrogens (primary N) is 1. The van der Waals surface area contributed by atoms with Crippen molar-refractivity contribution in [2.45, 2.75) is 43.1 Å². The topological polar surface area (TPSA) is 55.4 Å². The first-order valence-electron chi connectivity index (χ1n) is 5.37. The molecule has 104 valence electrons. The zero-order valence-corrected chi connectivity index (χ0v) is 13.7. The van der Waals surface area contributed by atoms with Crippen LogP contribution in [0.3, 0.4) is 0 Å². The van der Waals surface area contributed by atoms with Crippen LogP contribution in [0.2, 0.25) is 18.1 Å². The minimum absolute atomic E-state index is 0.165. The highest BCUT2D eigenvalue weighted by Crippen LogP contribution is 2.38. The van der Waals surface area contributed by atoms with Gasteiger partial charge in [0.05, 0.1) is 0 Å². The standard InChI is InChI=1S/C10H18F2N2OS2Si/c1-10(2,3)18(4,5)14-17(13,15)9-8(12)7(11)6-16-9/h6H,1-5H3,(H2,13,14,15). The normalized spacial score (nSPS) is 16.4. The fraction of sp³-hybridized carbons (Fsp3) is 0.600. The third-order valence-corrected chi connectivity index (χ3v) is 12.1. The van der Waals surface area contributed by atoms with Gasteiger partial charge >= 0.3 is 0 Å². The maximum Gasteiger partial charge on any atom is 0.195 e. The van der Waals surface area contributed by atoms with Gasteiger partial charge in [0.2, 0.25) is 0 Å². The highest BCUT2D eigenvalue weighted by Gasteiger charge is 2.38. The lowest BCUT2D eigenvalue weighted by molar-refractivity contribution is 0.501. The van der Waals surface area contributed by atoms with Crippen molar-refractivity contribution < 1.29 is 13.0 Å². The average molecular weight is 312 g/mol. The molecule has 0 aliphatic heterocycles. The Morgan fingerprint density at radius 2 is 1.89 bits per heavy atom. The highest BCUT2D eigenvalue weighted by molar-refractivity contribution is 7.94. The van der Waals surface area contributed by atoms with Gasteiger partial charge in [-0.2, -0.15) is 0 Å². The van der Waals surface area contributed by atoms with Crippen LogP contribution in [0.5, 0.6) is 0 Å². The lowest BCUT2D eigenvalue weighted by atomic mass is 10.2. The summed E-state index contributed by atoms with van der Waals surface area (Å²) in [6.45, 7) is 9.74. The van der Waals surface area contributed by atoms with E-state index in [4.69, 9.17) is 5.14 Å². The SMILES string of the molecule is CC(C)(C)[Si](C)(C)N=S(N)(=O)c1scc(F)c1F. The minimum atomic E-state index is -3.37. The molecule has 8 heteroatoms. The predicted molar refractivity (Wildman–Crippen MR) is 74.5 cm³/mol. The van der Waals surface area contributed by atoms with E-state index in [1.807, 2.05) is 33.9 Å². The van der Waals surface area contributed by atoms with Crippen molar-refractivity contribution >= 4 is 29.5 Å². The van der Waals surface area contributed by atoms with Gasteiger partial charge in [0.15, 0.2) is 24.1 Å². The summed E-state index contributed by atoms with van der Waals surface area (Å²) in [5.74, 6) is -2.17. The Morgan fingerprint density at radius 1 is 1.39 bits per heavy atom. The van der Waals surface area contributed by atoms with Gasteiger partial charge in [-0.1, -0.05) is 20.8 Å². The van der Waals surface area contributed by atoms with Crippen LogP contribution in [0.4, 0.5) is 8.78 Å². The summed E-state index contributed by atoms with van der Waals surface area (Å²) in [6.07, 6.45) is 0. The van der Waals surface area contributed by atoms with E-state index in [0.717, 1.165) is 5.38 Å². The van der Waals surface area contributed by atoms with Gasteiger partial charge in [-0.05, 0) is 18.1 Å². The molecule has 3 nitrogen and oxygen atoms in total. The Labute approximate surface area is 112 Å². The molecule has 0 bridgehead atoms.